The average molecular weight is 699 g/mol. The van der Waals surface area contributed by atoms with Crippen LogP contribution in [0.2, 0.25) is 36.3 Å². The van der Waals surface area contributed by atoms with E-state index < -0.39 is 69.4 Å². The summed E-state index contributed by atoms with van der Waals surface area (Å²) in [6.07, 6.45) is 1.99. The number of esters is 2. The maximum absolute atomic E-state index is 13.3. The molecule has 2 unspecified atom stereocenters. The van der Waals surface area contributed by atoms with Gasteiger partial charge in [-0.2, -0.15) is 0 Å². The fraction of sp³-hybridized carbons (Fsp3) is 0.889. The van der Waals surface area contributed by atoms with Gasteiger partial charge in [-0.05, 0) is 73.4 Å². The Kier molecular flexibility index (Phi) is 11.5. The summed E-state index contributed by atoms with van der Waals surface area (Å²) in [5.41, 5.74) is -1.31. The van der Waals surface area contributed by atoms with Crippen LogP contribution >= 0.6 is 0 Å². The second-order valence-electron chi connectivity index (χ2n) is 18.3. The predicted octanol–water partition coefficient (Wildman–Crippen LogP) is 7.94. The standard InChI is InChI=1S/C36H66O9Si2/c1-23(37)42-30-25-17-18-27(44-46(13,14)32(3,4)5)26(34(25,9)10)21-28-35(11,31(30)43-24(2)38)20-19-29(41-22-40-12)36(28,39)45-47(15,16)33(6,7)8/h18,25-26,28-31,39H,17,19-22H2,1-16H3/t25?,26?,28-,29-,30-,31+,35+,36-/m0/s1. The normalized spacial score (nSPS) is 34.7. The molecule has 272 valence electrons. The van der Waals surface area contributed by atoms with Gasteiger partial charge in [0.1, 0.15) is 25.1 Å². The van der Waals surface area contributed by atoms with Gasteiger partial charge in [0.05, 0.1) is 5.76 Å². The quantitative estimate of drug-likeness (QED) is 0.146. The Morgan fingerprint density at radius 3 is 1.98 bits per heavy atom. The minimum atomic E-state index is -2.63. The van der Waals surface area contributed by atoms with Crippen molar-refractivity contribution in [3.63, 3.8) is 0 Å². The number of allylic oxidation sites excluding steroid dienone is 2. The van der Waals surface area contributed by atoms with Crippen LogP contribution in [0.4, 0.5) is 0 Å². The van der Waals surface area contributed by atoms with Crippen molar-refractivity contribution in [1.29, 1.82) is 0 Å². The first-order valence-electron chi connectivity index (χ1n) is 17.4. The summed E-state index contributed by atoms with van der Waals surface area (Å²) < 4.78 is 38.4. The smallest absolute Gasteiger partial charge is 0.303 e. The van der Waals surface area contributed by atoms with Crippen LogP contribution in [0.5, 0.6) is 0 Å². The lowest BCUT2D eigenvalue weighted by atomic mass is 9.49. The van der Waals surface area contributed by atoms with Crippen LogP contribution in [0.25, 0.3) is 0 Å². The van der Waals surface area contributed by atoms with Crippen molar-refractivity contribution in [3.8, 4) is 0 Å². The molecule has 1 N–H and O–H groups in total. The van der Waals surface area contributed by atoms with Gasteiger partial charge in [-0.25, -0.2) is 0 Å². The van der Waals surface area contributed by atoms with Crippen molar-refractivity contribution >= 4 is 28.6 Å². The van der Waals surface area contributed by atoms with Gasteiger partial charge in [0.15, 0.2) is 14.1 Å². The molecule has 0 radical (unpaired) electrons. The molecule has 0 aliphatic heterocycles. The van der Waals surface area contributed by atoms with E-state index >= 15 is 0 Å². The summed E-state index contributed by atoms with van der Waals surface area (Å²) in [4.78, 5) is 25.7. The first kappa shape index (κ1) is 40.2. The average Bonchev–Trinajstić information content (AvgIpc) is 2.87. The number of fused-ring (bicyclic) bond motifs is 3. The molecule has 0 spiro atoms. The van der Waals surface area contributed by atoms with Crippen molar-refractivity contribution in [2.45, 2.75) is 162 Å². The SMILES string of the molecule is COCO[C@H]1CC[C@@]2(C)[C@H](OC(C)=O)[C@@H](OC(C)=O)C3CC=C(O[Si](C)(C)C(C)(C)C)C(C[C@@H]2[C@]1(O)O[Si](C)(C)C(C)(C)C)C3(C)C. The minimum Gasteiger partial charge on any atom is -0.547 e. The zero-order chi connectivity index (χ0) is 36.2. The minimum absolute atomic E-state index is 0.00263. The van der Waals surface area contributed by atoms with Crippen LogP contribution in [0.15, 0.2) is 11.8 Å². The van der Waals surface area contributed by atoms with Crippen LogP contribution < -0.4 is 0 Å². The van der Waals surface area contributed by atoms with Crippen molar-refractivity contribution in [3.05, 3.63) is 11.8 Å². The van der Waals surface area contributed by atoms with Gasteiger partial charge >= 0.3 is 11.9 Å². The molecule has 8 atom stereocenters. The monoisotopic (exact) mass is 698 g/mol. The highest BCUT2D eigenvalue weighted by molar-refractivity contribution is 6.74. The van der Waals surface area contributed by atoms with E-state index in [-0.39, 0.29) is 28.7 Å². The van der Waals surface area contributed by atoms with Crippen LogP contribution in [-0.4, -0.2) is 71.7 Å². The maximum atomic E-state index is 13.3. The van der Waals surface area contributed by atoms with E-state index in [0.717, 1.165) is 5.76 Å². The molecule has 47 heavy (non-hydrogen) atoms. The van der Waals surface area contributed by atoms with Crippen LogP contribution in [-0.2, 0) is 37.4 Å². The molecule has 3 aliphatic rings. The molecule has 2 fully saturated rings. The molecule has 0 aromatic heterocycles. The second kappa shape index (κ2) is 13.5. The van der Waals surface area contributed by atoms with Crippen LogP contribution in [0.1, 0.15) is 102 Å². The third-order valence-corrected chi connectivity index (χ3v) is 21.5. The van der Waals surface area contributed by atoms with E-state index in [1.807, 2.05) is 0 Å². The lowest BCUT2D eigenvalue weighted by molar-refractivity contribution is -0.329. The van der Waals surface area contributed by atoms with Crippen LogP contribution in [0.3, 0.4) is 0 Å². The van der Waals surface area contributed by atoms with Gasteiger partial charge in [-0.3, -0.25) is 9.59 Å². The third kappa shape index (κ3) is 7.75. The number of ether oxygens (including phenoxy) is 4. The zero-order valence-electron chi connectivity index (χ0n) is 32.3. The number of methoxy groups -OCH3 is 1. The van der Waals surface area contributed by atoms with Gasteiger partial charge in [0, 0.05) is 44.1 Å². The summed E-state index contributed by atoms with van der Waals surface area (Å²) in [5.74, 6) is -2.62. The highest BCUT2D eigenvalue weighted by atomic mass is 28.4. The number of carbonyl (C=O) groups is 2. The fourth-order valence-electron chi connectivity index (χ4n) is 7.74. The molecule has 0 saturated heterocycles. The summed E-state index contributed by atoms with van der Waals surface area (Å²) in [7, 11) is -3.33. The largest absolute Gasteiger partial charge is 0.547 e. The number of aliphatic hydroxyl groups is 1. The number of rotatable bonds is 9. The van der Waals surface area contributed by atoms with Gasteiger partial charge in [0.2, 0.25) is 8.32 Å². The number of hydrogen-bond donors (Lipinski definition) is 1. The Morgan fingerprint density at radius 2 is 1.49 bits per heavy atom. The molecule has 0 aromatic rings. The summed E-state index contributed by atoms with van der Waals surface area (Å²) in [6, 6.07) is 0. The summed E-state index contributed by atoms with van der Waals surface area (Å²) in [5, 5.41) is 13.1. The Balaban J connectivity index is 2.39. The first-order valence-corrected chi connectivity index (χ1v) is 23.2. The molecule has 9 nitrogen and oxygen atoms in total. The van der Waals surface area contributed by atoms with Crippen LogP contribution in [0, 0.1) is 28.6 Å². The second-order valence-corrected chi connectivity index (χ2v) is 27.7. The molecule has 2 saturated carbocycles. The van der Waals surface area contributed by atoms with Gasteiger partial charge in [-0.15, -0.1) is 0 Å². The number of hydrogen-bond acceptors (Lipinski definition) is 9. The van der Waals surface area contributed by atoms with Crippen molar-refractivity contribution in [1.82, 2.24) is 0 Å². The molecule has 0 amide bonds. The molecule has 0 heterocycles. The van der Waals surface area contributed by atoms with E-state index in [0.29, 0.717) is 25.7 Å². The third-order valence-electron chi connectivity index (χ3n) is 12.7. The van der Waals surface area contributed by atoms with E-state index in [1.54, 1.807) is 7.11 Å². The van der Waals surface area contributed by atoms with E-state index in [4.69, 9.17) is 27.8 Å². The lowest BCUT2D eigenvalue weighted by Gasteiger charge is -2.63. The molecule has 11 heteroatoms. The van der Waals surface area contributed by atoms with Crippen molar-refractivity contribution in [2.75, 3.05) is 13.9 Å². The Bertz CT molecular complexity index is 1180. The molecular weight excluding hydrogens is 633 g/mol. The predicted molar refractivity (Wildman–Crippen MR) is 188 cm³/mol. The highest BCUT2D eigenvalue weighted by Gasteiger charge is 2.68. The Labute approximate surface area is 287 Å². The first-order chi connectivity index (χ1) is 21.2. The highest BCUT2D eigenvalue weighted by Crippen LogP contribution is 2.63. The van der Waals surface area contributed by atoms with Gasteiger partial charge < -0.3 is 32.9 Å². The fourth-order valence-corrected chi connectivity index (χ4v) is 10.3. The van der Waals surface area contributed by atoms with E-state index in [9.17, 15) is 14.7 Å². The zero-order valence-corrected chi connectivity index (χ0v) is 34.3. The Morgan fingerprint density at radius 1 is 0.936 bits per heavy atom. The van der Waals surface area contributed by atoms with Gasteiger partial charge in [0.25, 0.3) is 0 Å². The molecule has 0 aromatic carbocycles. The summed E-state index contributed by atoms with van der Waals surface area (Å²) in [6.45, 7) is 31.2. The summed E-state index contributed by atoms with van der Waals surface area (Å²) >= 11 is 0. The molecular formula is C36H66O9Si2. The van der Waals surface area contributed by atoms with Crippen molar-refractivity contribution < 1.29 is 42.5 Å². The Hall–Kier alpha value is -1.25. The molecule has 3 aliphatic carbocycles. The van der Waals surface area contributed by atoms with Gasteiger partial charge in [-0.1, -0.05) is 62.3 Å². The number of carbonyl (C=O) groups excluding carboxylic acids is 2. The topological polar surface area (TPSA) is 110 Å². The molecule has 3 rings (SSSR count). The molecule has 2 bridgehead atoms. The lowest BCUT2D eigenvalue weighted by Crippen LogP contribution is -2.70. The maximum Gasteiger partial charge on any atom is 0.303 e. The van der Waals surface area contributed by atoms with E-state index in [1.165, 1.54) is 13.8 Å². The van der Waals surface area contributed by atoms with Crippen molar-refractivity contribution in [2.24, 2.45) is 28.6 Å². The van der Waals surface area contributed by atoms with E-state index in [2.05, 4.69) is 94.6 Å².